The van der Waals surface area contributed by atoms with Gasteiger partial charge < -0.3 is 24.8 Å². The van der Waals surface area contributed by atoms with Crippen molar-refractivity contribution in [2.45, 2.75) is 40.7 Å². The van der Waals surface area contributed by atoms with Gasteiger partial charge >= 0.3 is 26.2 Å². The van der Waals surface area contributed by atoms with E-state index >= 15 is 0 Å². The summed E-state index contributed by atoms with van der Waals surface area (Å²) in [5, 5.41) is 5.42. The number of fused-ring (bicyclic) bond motifs is 2. The minimum absolute atomic E-state index is 0. The molecule has 0 nitrogen and oxygen atoms in total. The summed E-state index contributed by atoms with van der Waals surface area (Å²) in [7, 11) is 2.97. The van der Waals surface area contributed by atoms with Gasteiger partial charge in [-0.2, -0.15) is 12.1 Å². The van der Waals surface area contributed by atoms with Crippen LogP contribution in [0.2, 0.25) is 6.55 Å². The molecule has 0 aliphatic carbocycles. The van der Waals surface area contributed by atoms with E-state index in [9.17, 15) is 0 Å². The molecule has 4 heteroatoms. The van der Waals surface area contributed by atoms with Crippen LogP contribution in [0.3, 0.4) is 0 Å². The van der Waals surface area contributed by atoms with Crippen LogP contribution in [0.5, 0.6) is 0 Å². The number of hydrogen-bond acceptors (Lipinski definition) is 0. The third-order valence-electron chi connectivity index (χ3n) is 5.07. The molecule has 0 unspecified atom stereocenters. The van der Waals surface area contributed by atoms with Crippen LogP contribution < -0.4 is 24.8 Å². The van der Waals surface area contributed by atoms with Gasteiger partial charge in [-0.15, -0.1) is 75.1 Å². The van der Waals surface area contributed by atoms with Crippen molar-refractivity contribution in [3.63, 3.8) is 0 Å². The number of benzene rings is 3. The van der Waals surface area contributed by atoms with E-state index in [0.29, 0.717) is 0 Å². The summed E-state index contributed by atoms with van der Waals surface area (Å²) in [5.74, 6) is 0. The second kappa shape index (κ2) is 18.8. The zero-order valence-corrected chi connectivity index (χ0v) is 25.7. The molecular formula is C30H33Cl2SiZr. The van der Waals surface area contributed by atoms with Crippen molar-refractivity contribution >= 4 is 31.8 Å². The second-order valence-corrected chi connectivity index (χ2v) is 7.05. The molecule has 0 amide bonds. The van der Waals surface area contributed by atoms with E-state index in [1.54, 1.807) is 6.55 Å². The topological polar surface area (TPSA) is 0 Å². The summed E-state index contributed by atoms with van der Waals surface area (Å²) in [6.45, 7) is 10.1. The van der Waals surface area contributed by atoms with E-state index in [4.69, 9.17) is 0 Å². The number of aryl methyl sites for hydroxylation is 2. The van der Waals surface area contributed by atoms with Crippen LogP contribution in [0.4, 0.5) is 0 Å². The Morgan fingerprint density at radius 2 is 1.29 bits per heavy atom. The maximum atomic E-state index is 2.97. The van der Waals surface area contributed by atoms with Gasteiger partial charge in [0.05, 0.1) is 0 Å². The van der Waals surface area contributed by atoms with Crippen LogP contribution in [-0.4, -0.2) is 10.2 Å². The van der Waals surface area contributed by atoms with Gasteiger partial charge in [-0.05, 0) is 12.0 Å². The Labute approximate surface area is 241 Å². The molecule has 0 aliphatic heterocycles. The molecule has 0 heterocycles. The van der Waals surface area contributed by atoms with Crippen molar-refractivity contribution in [1.29, 1.82) is 0 Å². The van der Waals surface area contributed by atoms with Crippen molar-refractivity contribution in [3.8, 4) is 11.1 Å². The maximum absolute atomic E-state index is 2.97. The fraction of sp³-hybridized carbons (Fsp3) is 0.200. The van der Waals surface area contributed by atoms with Crippen molar-refractivity contribution in [1.82, 2.24) is 0 Å². The average Bonchev–Trinajstić information content (AvgIpc) is 3.44. The minimum atomic E-state index is 0. The first kappa shape index (κ1) is 34.7. The molecule has 0 saturated heterocycles. The van der Waals surface area contributed by atoms with E-state index in [1.807, 2.05) is 13.8 Å². The zero-order chi connectivity index (χ0) is 22.6. The smallest absolute Gasteiger partial charge is 1.00 e. The van der Waals surface area contributed by atoms with Gasteiger partial charge in [-0.1, -0.05) is 82.3 Å². The fourth-order valence-corrected chi connectivity index (χ4v) is 3.67. The van der Waals surface area contributed by atoms with E-state index < -0.39 is 0 Å². The summed E-state index contributed by atoms with van der Waals surface area (Å²) in [5.41, 5.74) is 5.38. The molecule has 5 rings (SSSR count). The van der Waals surface area contributed by atoms with Gasteiger partial charge in [-0.3, -0.25) is 0 Å². The molecule has 5 aromatic rings. The Kier molecular flexibility index (Phi) is 19.2. The fourth-order valence-electron chi connectivity index (χ4n) is 3.67. The molecule has 0 atom stereocenters. The van der Waals surface area contributed by atoms with E-state index in [0.717, 1.165) is 6.42 Å². The molecule has 5 aromatic carbocycles. The predicted molar refractivity (Wildman–Crippen MR) is 142 cm³/mol. The number of rotatable bonds is 2. The van der Waals surface area contributed by atoms with Crippen LogP contribution >= 0.6 is 0 Å². The summed E-state index contributed by atoms with van der Waals surface area (Å²) in [6.07, 6.45) is 1.13. The third kappa shape index (κ3) is 9.31. The Morgan fingerprint density at radius 3 is 1.91 bits per heavy atom. The van der Waals surface area contributed by atoms with Gasteiger partial charge in [0.2, 0.25) is 0 Å². The third-order valence-corrected chi connectivity index (χ3v) is 5.07. The first-order chi connectivity index (χ1) is 15.2. The van der Waals surface area contributed by atoms with Gasteiger partial charge in [0, 0.05) is 10.2 Å². The molecule has 0 aliphatic rings. The SMILES string of the molecule is CC.CCc1cc2ccccc2[cH-]1.C[Si].Cc1cc2c(-c3ccccc3)cccc2[cH-]1.[Cl-].[Cl-].[Zr+4]. The Hall–Kier alpha value is -1.44. The molecule has 3 radical (unpaired) electrons. The average molecular weight is 584 g/mol. The van der Waals surface area contributed by atoms with Gasteiger partial charge in [0.25, 0.3) is 0 Å². The van der Waals surface area contributed by atoms with Gasteiger partial charge in [0.1, 0.15) is 0 Å². The first-order valence-corrected chi connectivity index (χ1v) is 12.1. The standard InChI is InChI=1S/C16H13.C11H11.C2H6.CH3Si.2ClH.Zr/c1-12-10-14-8-5-9-15(16(14)11-12)13-6-3-2-4-7-13;1-2-9-7-10-5-3-4-6-11(10)8-9;2*1-2;;;/h2-11H,1H3;3-8H,2H2,1H3;1-2H3;1H3;2*1H;/q2*-1;;;;;+4/p-2. The molecule has 0 aromatic heterocycles. The van der Waals surface area contributed by atoms with Crippen molar-refractivity contribution < 1.29 is 51.0 Å². The summed E-state index contributed by atoms with van der Waals surface area (Å²) in [4.78, 5) is 0. The monoisotopic (exact) mass is 581 g/mol. The molecule has 0 spiro atoms. The molecule has 0 bridgehead atoms. The first-order valence-electron chi connectivity index (χ1n) is 11.1. The maximum Gasteiger partial charge on any atom is 4.00 e. The van der Waals surface area contributed by atoms with Crippen LogP contribution in [0.15, 0.2) is 97.1 Å². The summed E-state index contributed by atoms with van der Waals surface area (Å²) < 4.78 is 0. The number of hydrogen-bond donors (Lipinski definition) is 0. The normalized spacial score (nSPS) is 8.88. The molecule has 34 heavy (non-hydrogen) atoms. The van der Waals surface area contributed by atoms with E-state index in [2.05, 4.69) is 121 Å². The Morgan fingerprint density at radius 1 is 0.706 bits per heavy atom. The molecule has 0 fully saturated rings. The summed E-state index contributed by atoms with van der Waals surface area (Å²) in [6, 6.07) is 34.6. The van der Waals surface area contributed by atoms with Gasteiger partial charge in [-0.25, -0.2) is 0 Å². The van der Waals surface area contributed by atoms with E-state index in [-0.39, 0.29) is 51.0 Å². The van der Waals surface area contributed by atoms with Crippen molar-refractivity contribution in [2.24, 2.45) is 0 Å². The molecule has 0 N–H and O–H groups in total. The Balaban J connectivity index is 0. The van der Waals surface area contributed by atoms with Crippen LogP contribution in [0.25, 0.3) is 32.7 Å². The second-order valence-electron chi connectivity index (χ2n) is 7.05. The van der Waals surface area contributed by atoms with Crippen LogP contribution in [0.1, 0.15) is 31.9 Å². The quantitative estimate of drug-likeness (QED) is 0.222. The molecule has 175 valence electrons. The molecule has 0 saturated carbocycles. The van der Waals surface area contributed by atoms with Crippen LogP contribution in [0, 0.1) is 6.92 Å². The van der Waals surface area contributed by atoms with Crippen LogP contribution in [-0.2, 0) is 32.6 Å². The number of halogens is 2. The zero-order valence-electron chi connectivity index (χ0n) is 20.7. The van der Waals surface area contributed by atoms with Crippen molar-refractivity contribution in [3.05, 3.63) is 108 Å². The van der Waals surface area contributed by atoms with Crippen molar-refractivity contribution in [2.75, 3.05) is 0 Å². The largest absolute Gasteiger partial charge is 4.00 e. The predicted octanol–water partition coefficient (Wildman–Crippen LogP) is 2.89. The van der Waals surface area contributed by atoms with Gasteiger partial charge in [0.15, 0.2) is 0 Å². The summed E-state index contributed by atoms with van der Waals surface area (Å²) >= 11 is 0. The molecular weight excluding hydrogens is 551 g/mol. The minimum Gasteiger partial charge on any atom is -1.00 e. The Bertz CT molecular complexity index is 1140. The van der Waals surface area contributed by atoms with E-state index in [1.165, 1.54) is 43.8 Å².